The number of nitrogens with one attached hydrogen (secondary N) is 2. The zero-order valence-corrected chi connectivity index (χ0v) is 9.64. The van der Waals surface area contributed by atoms with Crippen LogP contribution in [0.4, 0.5) is 8.78 Å². The lowest BCUT2D eigenvalue weighted by atomic mass is 10.1. The molecule has 0 radical (unpaired) electrons. The van der Waals surface area contributed by atoms with Crippen molar-refractivity contribution in [1.29, 1.82) is 0 Å². The molecular formula is C12H13F2N3. The molecule has 0 fully saturated rings. The predicted octanol–water partition coefficient (Wildman–Crippen LogP) is 2.38. The largest absolute Gasteiger partial charge is 0.345 e. The number of aromatic amines is 1. The lowest BCUT2D eigenvalue weighted by Crippen LogP contribution is -2.06. The van der Waals surface area contributed by atoms with Gasteiger partial charge in [-0.05, 0) is 26.1 Å². The first-order valence-corrected chi connectivity index (χ1v) is 5.27. The van der Waals surface area contributed by atoms with Crippen LogP contribution in [-0.2, 0) is 6.54 Å². The third-order valence-corrected chi connectivity index (χ3v) is 2.44. The van der Waals surface area contributed by atoms with Crippen LogP contribution in [0.5, 0.6) is 0 Å². The third kappa shape index (κ3) is 2.34. The van der Waals surface area contributed by atoms with Crippen molar-refractivity contribution >= 4 is 0 Å². The minimum Gasteiger partial charge on any atom is -0.345 e. The standard InChI is InChI=1S/C12H13F2N3/c1-7-16-11(6-15-2)12(17-7)9-4-3-8(13)5-10(9)14/h3-5,15H,6H2,1-2H3,(H,16,17). The van der Waals surface area contributed by atoms with Gasteiger partial charge in [-0.15, -0.1) is 0 Å². The summed E-state index contributed by atoms with van der Waals surface area (Å²) < 4.78 is 26.5. The highest BCUT2D eigenvalue weighted by Gasteiger charge is 2.14. The van der Waals surface area contributed by atoms with E-state index in [0.717, 1.165) is 11.8 Å². The van der Waals surface area contributed by atoms with E-state index < -0.39 is 11.6 Å². The molecule has 0 unspecified atom stereocenters. The summed E-state index contributed by atoms with van der Waals surface area (Å²) in [5.74, 6) is -0.489. The average Bonchev–Trinajstić information content (AvgIpc) is 2.60. The van der Waals surface area contributed by atoms with Crippen molar-refractivity contribution in [2.75, 3.05) is 7.05 Å². The van der Waals surface area contributed by atoms with Gasteiger partial charge in [0.15, 0.2) is 0 Å². The van der Waals surface area contributed by atoms with Gasteiger partial charge in [0, 0.05) is 18.2 Å². The van der Waals surface area contributed by atoms with Crippen LogP contribution in [0.2, 0.25) is 0 Å². The van der Waals surface area contributed by atoms with Gasteiger partial charge in [0.1, 0.15) is 17.5 Å². The predicted molar refractivity (Wildman–Crippen MR) is 61.4 cm³/mol. The van der Waals surface area contributed by atoms with E-state index >= 15 is 0 Å². The Balaban J connectivity index is 2.51. The summed E-state index contributed by atoms with van der Waals surface area (Å²) in [6.45, 7) is 2.34. The maximum atomic E-state index is 13.7. The van der Waals surface area contributed by atoms with E-state index in [2.05, 4.69) is 15.3 Å². The molecule has 2 N–H and O–H groups in total. The molecule has 2 rings (SSSR count). The van der Waals surface area contributed by atoms with E-state index in [4.69, 9.17) is 0 Å². The molecule has 0 atom stereocenters. The molecule has 0 aliphatic heterocycles. The quantitative estimate of drug-likeness (QED) is 0.860. The van der Waals surface area contributed by atoms with Crippen molar-refractivity contribution in [3.8, 4) is 11.3 Å². The molecule has 5 heteroatoms. The van der Waals surface area contributed by atoms with Crippen LogP contribution in [0.1, 0.15) is 11.5 Å². The summed E-state index contributed by atoms with van der Waals surface area (Å²) in [5, 5.41) is 2.97. The van der Waals surface area contributed by atoms with Gasteiger partial charge in [-0.3, -0.25) is 0 Å². The molecule has 0 saturated carbocycles. The minimum atomic E-state index is -0.603. The maximum absolute atomic E-state index is 13.7. The summed E-state index contributed by atoms with van der Waals surface area (Å²) >= 11 is 0. The first kappa shape index (κ1) is 11.7. The van der Waals surface area contributed by atoms with Gasteiger partial charge in [-0.2, -0.15) is 0 Å². The summed E-state index contributed by atoms with van der Waals surface area (Å²) in [7, 11) is 1.79. The molecule has 0 amide bonds. The second-order valence-electron chi connectivity index (χ2n) is 3.80. The SMILES string of the molecule is CNCc1[nH]c(C)nc1-c1ccc(F)cc1F. The number of benzene rings is 1. The molecule has 0 spiro atoms. The smallest absolute Gasteiger partial charge is 0.135 e. The molecule has 0 aliphatic rings. The van der Waals surface area contributed by atoms with Crippen molar-refractivity contribution in [2.45, 2.75) is 13.5 Å². The number of halogens is 2. The Morgan fingerprint density at radius 3 is 2.76 bits per heavy atom. The Hall–Kier alpha value is -1.75. The highest BCUT2D eigenvalue weighted by molar-refractivity contribution is 5.62. The molecule has 0 aliphatic carbocycles. The number of imidazole rings is 1. The van der Waals surface area contributed by atoms with Gasteiger partial charge < -0.3 is 10.3 Å². The van der Waals surface area contributed by atoms with Gasteiger partial charge >= 0.3 is 0 Å². The fourth-order valence-electron chi connectivity index (χ4n) is 1.75. The number of aryl methyl sites for hydroxylation is 1. The molecule has 1 aromatic heterocycles. The molecular weight excluding hydrogens is 224 g/mol. The summed E-state index contributed by atoms with van der Waals surface area (Å²) in [6, 6.07) is 3.49. The monoisotopic (exact) mass is 237 g/mol. The van der Waals surface area contributed by atoms with Crippen molar-refractivity contribution in [3.63, 3.8) is 0 Å². The van der Waals surface area contributed by atoms with Crippen molar-refractivity contribution in [3.05, 3.63) is 41.4 Å². The van der Waals surface area contributed by atoms with Gasteiger partial charge in [0.2, 0.25) is 0 Å². The lowest BCUT2D eigenvalue weighted by Gasteiger charge is -2.03. The first-order chi connectivity index (χ1) is 8.11. The average molecular weight is 237 g/mol. The summed E-state index contributed by atoms with van der Waals surface area (Å²) in [4.78, 5) is 7.28. The van der Waals surface area contributed by atoms with Crippen molar-refractivity contribution in [1.82, 2.24) is 15.3 Å². The number of aromatic nitrogens is 2. The number of nitrogens with zero attached hydrogens (tertiary/aromatic N) is 1. The van der Waals surface area contributed by atoms with Crippen LogP contribution in [0, 0.1) is 18.6 Å². The number of hydrogen-bond donors (Lipinski definition) is 2. The fourth-order valence-corrected chi connectivity index (χ4v) is 1.75. The van der Waals surface area contributed by atoms with Crippen LogP contribution >= 0.6 is 0 Å². The van der Waals surface area contributed by atoms with Crippen LogP contribution in [0.15, 0.2) is 18.2 Å². The van der Waals surface area contributed by atoms with E-state index in [1.165, 1.54) is 12.1 Å². The number of rotatable bonds is 3. The molecule has 1 aromatic carbocycles. The highest BCUT2D eigenvalue weighted by atomic mass is 19.1. The van der Waals surface area contributed by atoms with E-state index in [-0.39, 0.29) is 0 Å². The second kappa shape index (κ2) is 4.63. The summed E-state index contributed by atoms with van der Waals surface area (Å²) in [5.41, 5.74) is 1.62. The van der Waals surface area contributed by atoms with E-state index in [0.29, 0.717) is 23.6 Å². The molecule has 17 heavy (non-hydrogen) atoms. The molecule has 0 bridgehead atoms. The molecule has 3 nitrogen and oxygen atoms in total. The summed E-state index contributed by atoms with van der Waals surface area (Å²) in [6.07, 6.45) is 0. The molecule has 0 saturated heterocycles. The van der Waals surface area contributed by atoms with E-state index in [1.807, 2.05) is 0 Å². The van der Waals surface area contributed by atoms with Crippen LogP contribution < -0.4 is 5.32 Å². The number of hydrogen-bond acceptors (Lipinski definition) is 2. The number of H-pyrrole nitrogens is 1. The van der Waals surface area contributed by atoms with Crippen LogP contribution in [0.3, 0.4) is 0 Å². The minimum absolute atomic E-state index is 0.306. The van der Waals surface area contributed by atoms with Gasteiger partial charge in [-0.25, -0.2) is 13.8 Å². The van der Waals surface area contributed by atoms with E-state index in [1.54, 1.807) is 14.0 Å². The lowest BCUT2D eigenvalue weighted by molar-refractivity contribution is 0.585. The zero-order valence-electron chi connectivity index (χ0n) is 9.64. The van der Waals surface area contributed by atoms with Crippen molar-refractivity contribution in [2.24, 2.45) is 0 Å². The Kier molecular flexibility index (Phi) is 3.19. The second-order valence-corrected chi connectivity index (χ2v) is 3.80. The maximum Gasteiger partial charge on any atom is 0.135 e. The Morgan fingerprint density at radius 1 is 1.35 bits per heavy atom. The first-order valence-electron chi connectivity index (χ1n) is 5.27. The highest BCUT2D eigenvalue weighted by Crippen LogP contribution is 2.25. The van der Waals surface area contributed by atoms with Gasteiger partial charge in [0.05, 0.1) is 11.4 Å². The zero-order chi connectivity index (χ0) is 12.4. The Labute approximate surface area is 97.9 Å². The molecule has 90 valence electrons. The van der Waals surface area contributed by atoms with Crippen molar-refractivity contribution < 1.29 is 8.78 Å². The molecule has 1 heterocycles. The normalized spacial score (nSPS) is 10.8. The Bertz CT molecular complexity index is 535. The van der Waals surface area contributed by atoms with Gasteiger partial charge in [0.25, 0.3) is 0 Å². The van der Waals surface area contributed by atoms with Crippen LogP contribution in [0.25, 0.3) is 11.3 Å². The third-order valence-electron chi connectivity index (χ3n) is 2.44. The molecule has 2 aromatic rings. The Morgan fingerprint density at radius 2 is 2.12 bits per heavy atom. The topological polar surface area (TPSA) is 40.7 Å². The van der Waals surface area contributed by atoms with Gasteiger partial charge in [-0.1, -0.05) is 0 Å². The van der Waals surface area contributed by atoms with Crippen LogP contribution in [-0.4, -0.2) is 17.0 Å². The van der Waals surface area contributed by atoms with E-state index in [9.17, 15) is 8.78 Å². The fraction of sp³-hybridized carbons (Fsp3) is 0.250.